The lowest BCUT2D eigenvalue weighted by Gasteiger charge is -2.31. The van der Waals surface area contributed by atoms with Crippen molar-refractivity contribution in [2.45, 2.75) is 71.4 Å². The fraction of sp³-hybridized carbons (Fsp3) is 0.833. The van der Waals surface area contributed by atoms with Gasteiger partial charge in [0.05, 0.1) is 18.7 Å². The molecule has 0 aromatic carbocycles. The van der Waals surface area contributed by atoms with Gasteiger partial charge in [-0.15, -0.1) is 0 Å². The van der Waals surface area contributed by atoms with Crippen LogP contribution in [-0.4, -0.2) is 55.9 Å². The van der Waals surface area contributed by atoms with Gasteiger partial charge in [0.1, 0.15) is 5.82 Å². The number of carbonyl (C=O) groups is 1. The number of nitrogens with zero attached hydrogens (tertiary/aromatic N) is 4. The smallest absolute Gasteiger partial charge is 0.231 e. The van der Waals surface area contributed by atoms with Crippen LogP contribution in [0.3, 0.4) is 0 Å². The SMILES string of the molecule is CC[C@H](C)Cc1nc(C2CCN(CC(N)=O)CC2)n(CC(C)(C)O)n1. The Kier molecular flexibility index (Phi) is 6.57. The van der Waals surface area contributed by atoms with Gasteiger partial charge in [-0.25, -0.2) is 9.67 Å². The Morgan fingerprint density at radius 1 is 1.40 bits per heavy atom. The Labute approximate surface area is 150 Å². The van der Waals surface area contributed by atoms with Crippen LogP contribution in [0.15, 0.2) is 0 Å². The Morgan fingerprint density at radius 2 is 2.04 bits per heavy atom. The lowest BCUT2D eigenvalue weighted by atomic mass is 9.95. The van der Waals surface area contributed by atoms with E-state index < -0.39 is 5.60 Å². The number of rotatable bonds is 8. The molecule has 0 unspecified atom stereocenters. The number of aromatic nitrogens is 3. The molecule has 0 radical (unpaired) electrons. The van der Waals surface area contributed by atoms with Crippen LogP contribution in [0, 0.1) is 5.92 Å². The molecule has 1 aliphatic heterocycles. The van der Waals surface area contributed by atoms with Crippen molar-refractivity contribution in [1.82, 2.24) is 19.7 Å². The van der Waals surface area contributed by atoms with Crippen molar-refractivity contribution in [3.8, 4) is 0 Å². The zero-order valence-corrected chi connectivity index (χ0v) is 16.0. The van der Waals surface area contributed by atoms with E-state index >= 15 is 0 Å². The van der Waals surface area contributed by atoms with Gasteiger partial charge in [0, 0.05) is 12.3 Å². The summed E-state index contributed by atoms with van der Waals surface area (Å²) in [7, 11) is 0. The van der Waals surface area contributed by atoms with Gasteiger partial charge in [0.15, 0.2) is 5.82 Å². The highest BCUT2D eigenvalue weighted by atomic mass is 16.3. The molecule has 0 spiro atoms. The largest absolute Gasteiger partial charge is 0.389 e. The molecule has 2 heterocycles. The summed E-state index contributed by atoms with van der Waals surface area (Å²) < 4.78 is 1.89. The van der Waals surface area contributed by atoms with Gasteiger partial charge < -0.3 is 10.8 Å². The lowest BCUT2D eigenvalue weighted by Crippen LogP contribution is -2.39. The molecule has 2 rings (SSSR count). The molecule has 3 N–H and O–H groups in total. The lowest BCUT2D eigenvalue weighted by molar-refractivity contribution is -0.119. The van der Waals surface area contributed by atoms with E-state index in [1.165, 1.54) is 0 Å². The van der Waals surface area contributed by atoms with E-state index in [1.54, 1.807) is 13.8 Å². The van der Waals surface area contributed by atoms with Crippen LogP contribution in [0.1, 0.15) is 64.5 Å². The molecule has 1 aromatic heterocycles. The van der Waals surface area contributed by atoms with Gasteiger partial charge in [-0.1, -0.05) is 20.3 Å². The summed E-state index contributed by atoms with van der Waals surface area (Å²) in [5, 5.41) is 14.9. The summed E-state index contributed by atoms with van der Waals surface area (Å²) in [6, 6.07) is 0. The first-order valence-electron chi connectivity index (χ1n) is 9.34. The number of primary amides is 1. The molecule has 7 heteroatoms. The van der Waals surface area contributed by atoms with Gasteiger partial charge in [-0.05, 0) is 45.7 Å². The zero-order chi connectivity index (χ0) is 18.6. The van der Waals surface area contributed by atoms with Crippen LogP contribution in [0.5, 0.6) is 0 Å². The Morgan fingerprint density at radius 3 is 2.56 bits per heavy atom. The first-order chi connectivity index (χ1) is 11.7. The maximum atomic E-state index is 11.1. The monoisotopic (exact) mass is 351 g/mol. The fourth-order valence-electron chi connectivity index (χ4n) is 3.30. The molecule has 1 aliphatic rings. The highest BCUT2D eigenvalue weighted by molar-refractivity contribution is 5.75. The van der Waals surface area contributed by atoms with Gasteiger partial charge in [-0.2, -0.15) is 5.10 Å². The Bertz CT molecular complexity index is 571. The minimum Gasteiger partial charge on any atom is -0.389 e. The number of amides is 1. The maximum absolute atomic E-state index is 11.1. The number of aliphatic hydroxyl groups is 1. The maximum Gasteiger partial charge on any atom is 0.231 e. The van der Waals surface area contributed by atoms with E-state index in [4.69, 9.17) is 10.7 Å². The molecule has 1 saturated heterocycles. The van der Waals surface area contributed by atoms with Gasteiger partial charge in [0.25, 0.3) is 0 Å². The Balaban J connectivity index is 2.13. The minimum absolute atomic E-state index is 0.278. The van der Waals surface area contributed by atoms with Crippen LogP contribution in [0.25, 0.3) is 0 Å². The van der Waals surface area contributed by atoms with Crippen LogP contribution in [0.4, 0.5) is 0 Å². The summed E-state index contributed by atoms with van der Waals surface area (Å²) in [5.41, 5.74) is 4.46. The summed E-state index contributed by atoms with van der Waals surface area (Å²) in [6.45, 7) is 10.4. The van der Waals surface area contributed by atoms with Crippen molar-refractivity contribution in [2.75, 3.05) is 19.6 Å². The number of nitrogens with two attached hydrogens (primary N) is 1. The van der Waals surface area contributed by atoms with Crippen molar-refractivity contribution in [3.63, 3.8) is 0 Å². The van der Waals surface area contributed by atoms with Gasteiger partial charge in [-0.3, -0.25) is 9.69 Å². The van der Waals surface area contributed by atoms with Crippen molar-refractivity contribution >= 4 is 5.91 Å². The number of carbonyl (C=O) groups excluding carboxylic acids is 1. The number of piperidine rings is 1. The molecule has 0 saturated carbocycles. The van der Waals surface area contributed by atoms with E-state index in [-0.39, 0.29) is 5.91 Å². The van der Waals surface area contributed by atoms with Crippen molar-refractivity contribution in [1.29, 1.82) is 0 Å². The second-order valence-corrected chi connectivity index (χ2v) is 8.09. The standard InChI is InChI=1S/C18H33N5O2/c1-5-13(2)10-16-20-17(23(21-16)12-18(3,4)25)14-6-8-22(9-7-14)11-15(19)24/h13-14,25H,5-12H2,1-4H3,(H2,19,24)/t13-/m0/s1. The minimum atomic E-state index is -0.831. The van der Waals surface area contributed by atoms with Crippen LogP contribution in [0.2, 0.25) is 0 Å². The zero-order valence-electron chi connectivity index (χ0n) is 16.0. The summed E-state index contributed by atoms with van der Waals surface area (Å²) in [4.78, 5) is 18.0. The number of hydrogen-bond donors (Lipinski definition) is 2. The van der Waals surface area contributed by atoms with Crippen molar-refractivity contribution in [3.05, 3.63) is 11.6 Å². The summed E-state index contributed by atoms with van der Waals surface area (Å²) in [6.07, 6.45) is 3.82. The van der Waals surface area contributed by atoms with Crippen molar-refractivity contribution < 1.29 is 9.90 Å². The number of likely N-dealkylation sites (tertiary alicyclic amines) is 1. The average molecular weight is 351 g/mol. The van der Waals surface area contributed by atoms with E-state index in [2.05, 4.69) is 23.8 Å². The highest BCUT2D eigenvalue weighted by Gasteiger charge is 2.28. The third-order valence-electron chi connectivity index (χ3n) is 4.84. The van der Waals surface area contributed by atoms with Crippen LogP contribution < -0.4 is 5.73 Å². The second-order valence-electron chi connectivity index (χ2n) is 8.09. The Hall–Kier alpha value is -1.47. The normalized spacial score (nSPS) is 18.4. The molecule has 0 bridgehead atoms. The molecule has 1 fully saturated rings. The predicted molar refractivity (Wildman–Crippen MR) is 97.1 cm³/mol. The molecule has 25 heavy (non-hydrogen) atoms. The number of hydrogen-bond acceptors (Lipinski definition) is 5. The second kappa shape index (κ2) is 8.27. The molecule has 142 valence electrons. The third kappa shape index (κ3) is 6.08. The average Bonchev–Trinajstić information content (AvgIpc) is 2.87. The van der Waals surface area contributed by atoms with E-state index in [0.717, 1.165) is 50.4 Å². The van der Waals surface area contributed by atoms with Gasteiger partial charge >= 0.3 is 0 Å². The van der Waals surface area contributed by atoms with E-state index in [0.29, 0.717) is 24.9 Å². The summed E-state index contributed by atoms with van der Waals surface area (Å²) >= 11 is 0. The highest BCUT2D eigenvalue weighted by Crippen LogP contribution is 2.28. The van der Waals surface area contributed by atoms with Gasteiger partial charge in [0.2, 0.25) is 5.91 Å². The van der Waals surface area contributed by atoms with E-state index in [1.807, 2.05) is 4.68 Å². The fourth-order valence-corrected chi connectivity index (χ4v) is 3.30. The predicted octanol–water partition coefficient (Wildman–Crippen LogP) is 1.30. The molecule has 1 amide bonds. The first-order valence-corrected chi connectivity index (χ1v) is 9.34. The topological polar surface area (TPSA) is 97.3 Å². The molecule has 0 aliphatic carbocycles. The summed E-state index contributed by atoms with van der Waals surface area (Å²) in [5.74, 6) is 2.42. The van der Waals surface area contributed by atoms with Crippen LogP contribution in [-0.2, 0) is 17.8 Å². The van der Waals surface area contributed by atoms with Crippen molar-refractivity contribution in [2.24, 2.45) is 11.7 Å². The molecular weight excluding hydrogens is 318 g/mol. The molecular formula is C18H33N5O2. The van der Waals surface area contributed by atoms with E-state index in [9.17, 15) is 9.90 Å². The first kappa shape index (κ1) is 19.8. The van der Waals surface area contributed by atoms with Crippen LogP contribution >= 0.6 is 0 Å². The molecule has 1 aromatic rings. The third-order valence-corrected chi connectivity index (χ3v) is 4.84. The molecule has 7 nitrogen and oxygen atoms in total. The quantitative estimate of drug-likeness (QED) is 0.736. The molecule has 1 atom stereocenters.